The number of nitrogens with zero attached hydrogens (tertiary/aromatic N) is 1. The quantitative estimate of drug-likeness (QED) is 0.708. The molecule has 88 valence electrons. The molecule has 1 aliphatic heterocycles. The Hall–Kier alpha value is -0.330. The standard InChI is InChI=1S/C8H15ClN2O3S/c1-15(13,14)11-4-2-3-7(6-11)10-8(12)5-9/h7H,2-6H2,1H3,(H,10,12)/t7-/m0/s1. The molecule has 0 saturated carbocycles. The molecule has 0 aromatic rings. The molecule has 0 aromatic carbocycles. The van der Waals surface area contributed by atoms with Crippen LogP contribution in [0.15, 0.2) is 0 Å². The highest BCUT2D eigenvalue weighted by Gasteiger charge is 2.26. The first-order valence-electron chi connectivity index (χ1n) is 4.74. The molecule has 5 nitrogen and oxygen atoms in total. The van der Waals surface area contributed by atoms with E-state index in [4.69, 9.17) is 11.6 Å². The molecule has 1 N–H and O–H groups in total. The van der Waals surface area contributed by atoms with Crippen LogP contribution in [0.3, 0.4) is 0 Å². The molecule has 1 rings (SSSR count). The second kappa shape index (κ2) is 5.14. The average molecular weight is 255 g/mol. The van der Waals surface area contributed by atoms with Crippen LogP contribution < -0.4 is 5.32 Å². The fourth-order valence-electron chi connectivity index (χ4n) is 1.63. The normalized spacial score (nSPS) is 23.7. The number of nitrogens with one attached hydrogen (secondary N) is 1. The van der Waals surface area contributed by atoms with Gasteiger partial charge in [0.25, 0.3) is 0 Å². The number of carbonyl (C=O) groups excluding carboxylic acids is 1. The maximum atomic E-state index is 11.3. The van der Waals surface area contributed by atoms with Gasteiger partial charge >= 0.3 is 0 Å². The Morgan fingerprint density at radius 3 is 2.80 bits per heavy atom. The molecule has 0 bridgehead atoms. The maximum absolute atomic E-state index is 11.3. The third-order valence-corrected chi connectivity index (χ3v) is 3.85. The van der Waals surface area contributed by atoms with E-state index in [0.29, 0.717) is 13.1 Å². The van der Waals surface area contributed by atoms with Gasteiger partial charge in [-0.25, -0.2) is 12.7 Å². The SMILES string of the molecule is CS(=O)(=O)N1CCC[C@H](NC(=O)CCl)C1. The van der Waals surface area contributed by atoms with Crippen LogP contribution in [0.25, 0.3) is 0 Å². The van der Waals surface area contributed by atoms with Crippen LogP contribution in [0.2, 0.25) is 0 Å². The Kier molecular flexibility index (Phi) is 4.36. The van der Waals surface area contributed by atoms with Gasteiger partial charge in [0.05, 0.1) is 6.26 Å². The highest BCUT2D eigenvalue weighted by atomic mass is 35.5. The zero-order chi connectivity index (χ0) is 11.5. The van der Waals surface area contributed by atoms with E-state index < -0.39 is 10.0 Å². The highest BCUT2D eigenvalue weighted by Crippen LogP contribution is 2.12. The summed E-state index contributed by atoms with van der Waals surface area (Å²) in [4.78, 5) is 11.0. The molecule has 1 fully saturated rings. The number of carbonyl (C=O) groups is 1. The molecule has 1 saturated heterocycles. The first kappa shape index (κ1) is 12.7. The molecule has 7 heteroatoms. The van der Waals surface area contributed by atoms with E-state index in [2.05, 4.69) is 5.32 Å². The van der Waals surface area contributed by atoms with Gasteiger partial charge in [0.1, 0.15) is 5.88 Å². The molecular formula is C8H15ClN2O3S. The number of rotatable bonds is 3. The summed E-state index contributed by atoms with van der Waals surface area (Å²) in [7, 11) is -3.15. The number of hydrogen-bond acceptors (Lipinski definition) is 3. The maximum Gasteiger partial charge on any atom is 0.235 e. The van der Waals surface area contributed by atoms with Crippen molar-refractivity contribution in [3.8, 4) is 0 Å². The van der Waals surface area contributed by atoms with Crippen LogP contribution in [0.1, 0.15) is 12.8 Å². The Labute approximate surface area is 94.8 Å². The van der Waals surface area contributed by atoms with Crippen LogP contribution >= 0.6 is 11.6 Å². The van der Waals surface area contributed by atoms with Crippen LogP contribution in [0.5, 0.6) is 0 Å². The predicted molar refractivity (Wildman–Crippen MR) is 58.3 cm³/mol. The highest BCUT2D eigenvalue weighted by molar-refractivity contribution is 7.88. The van der Waals surface area contributed by atoms with Gasteiger partial charge < -0.3 is 5.32 Å². The summed E-state index contributed by atoms with van der Waals surface area (Å²) in [6.07, 6.45) is 2.74. The number of halogens is 1. The zero-order valence-electron chi connectivity index (χ0n) is 8.57. The van der Waals surface area contributed by atoms with Crippen LogP contribution in [-0.4, -0.2) is 49.9 Å². The summed E-state index contributed by atoms with van der Waals surface area (Å²) >= 11 is 5.35. The second-order valence-corrected chi connectivity index (χ2v) is 5.91. The van der Waals surface area contributed by atoms with Crippen molar-refractivity contribution in [2.45, 2.75) is 18.9 Å². The number of alkyl halides is 1. The van der Waals surface area contributed by atoms with E-state index in [1.165, 1.54) is 10.6 Å². The molecule has 1 heterocycles. The third-order valence-electron chi connectivity index (χ3n) is 2.34. The van der Waals surface area contributed by atoms with Crippen LogP contribution in [0, 0.1) is 0 Å². The topological polar surface area (TPSA) is 66.5 Å². The van der Waals surface area contributed by atoms with E-state index in [-0.39, 0.29) is 17.8 Å². The lowest BCUT2D eigenvalue weighted by Gasteiger charge is -2.31. The fraction of sp³-hybridized carbons (Fsp3) is 0.875. The summed E-state index contributed by atoms with van der Waals surface area (Å²) in [6, 6.07) is -0.111. The third kappa shape index (κ3) is 3.96. The monoisotopic (exact) mass is 254 g/mol. The number of hydrogen-bond donors (Lipinski definition) is 1. The van der Waals surface area contributed by atoms with Gasteiger partial charge in [-0.3, -0.25) is 4.79 Å². The number of sulfonamides is 1. The number of amides is 1. The largest absolute Gasteiger partial charge is 0.351 e. The molecule has 1 amide bonds. The van der Waals surface area contributed by atoms with Crippen molar-refractivity contribution >= 4 is 27.5 Å². The molecule has 1 aliphatic rings. The lowest BCUT2D eigenvalue weighted by Crippen LogP contribution is -2.49. The minimum atomic E-state index is -3.15. The minimum absolute atomic E-state index is 0.0879. The second-order valence-electron chi connectivity index (χ2n) is 3.66. The van der Waals surface area contributed by atoms with Crippen molar-refractivity contribution < 1.29 is 13.2 Å². The lowest BCUT2D eigenvalue weighted by atomic mass is 10.1. The first-order valence-corrected chi connectivity index (χ1v) is 7.12. The molecule has 0 unspecified atom stereocenters. The predicted octanol–water partition coefficient (Wildman–Crippen LogP) is -0.235. The summed E-state index contributed by atoms with van der Waals surface area (Å²) in [5.41, 5.74) is 0. The Bertz CT molecular complexity index is 331. The Morgan fingerprint density at radius 1 is 1.60 bits per heavy atom. The Balaban J connectivity index is 2.53. The van der Waals surface area contributed by atoms with E-state index in [1.54, 1.807) is 0 Å². The van der Waals surface area contributed by atoms with Crippen LogP contribution in [0.4, 0.5) is 0 Å². The molecule has 15 heavy (non-hydrogen) atoms. The van der Waals surface area contributed by atoms with E-state index in [0.717, 1.165) is 12.8 Å². The summed E-state index contributed by atoms with van der Waals surface area (Å²) in [5, 5.41) is 2.69. The molecule has 0 radical (unpaired) electrons. The summed E-state index contributed by atoms with van der Waals surface area (Å²) in [5.74, 6) is -0.341. The van der Waals surface area contributed by atoms with Gasteiger partial charge in [0.2, 0.25) is 15.9 Å². The van der Waals surface area contributed by atoms with E-state index >= 15 is 0 Å². The average Bonchev–Trinajstić information content (AvgIpc) is 2.17. The summed E-state index contributed by atoms with van der Waals surface area (Å²) in [6.45, 7) is 0.882. The Morgan fingerprint density at radius 2 is 2.27 bits per heavy atom. The molecule has 0 spiro atoms. The summed E-state index contributed by atoms with van der Waals surface area (Å²) < 4.78 is 23.9. The van der Waals surface area contributed by atoms with Crippen molar-refractivity contribution in [3.63, 3.8) is 0 Å². The van der Waals surface area contributed by atoms with E-state index in [1.807, 2.05) is 0 Å². The fourth-order valence-corrected chi connectivity index (χ4v) is 2.62. The zero-order valence-corrected chi connectivity index (χ0v) is 10.1. The van der Waals surface area contributed by atoms with Crippen molar-refractivity contribution in [1.82, 2.24) is 9.62 Å². The van der Waals surface area contributed by atoms with Crippen LogP contribution in [-0.2, 0) is 14.8 Å². The van der Waals surface area contributed by atoms with Crippen molar-refractivity contribution in [2.75, 3.05) is 25.2 Å². The smallest absolute Gasteiger partial charge is 0.235 e. The van der Waals surface area contributed by atoms with Crippen molar-refractivity contribution in [2.24, 2.45) is 0 Å². The minimum Gasteiger partial charge on any atom is -0.351 e. The van der Waals surface area contributed by atoms with Gasteiger partial charge in [-0.2, -0.15) is 0 Å². The van der Waals surface area contributed by atoms with Crippen molar-refractivity contribution in [1.29, 1.82) is 0 Å². The van der Waals surface area contributed by atoms with Gasteiger partial charge in [0.15, 0.2) is 0 Å². The molecule has 1 atom stereocenters. The van der Waals surface area contributed by atoms with Crippen molar-refractivity contribution in [3.05, 3.63) is 0 Å². The first-order chi connectivity index (χ1) is 6.93. The molecule has 0 aromatic heterocycles. The molecule has 0 aliphatic carbocycles. The van der Waals surface area contributed by atoms with Gasteiger partial charge in [0, 0.05) is 19.1 Å². The number of piperidine rings is 1. The van der Waals surface area contributed by atoms with Gasteiger partial charge in [-0.05, 0) is 12.8 Å². The molecular weight excluding hydrogens is 240 g/mol. The lowest BCUT2D eigenvalue weighted by molar-refractivity contribution is -0.119. The van der Waals surface area contributed by atoms with Gasteiger partial charge in [-0.15, -0.1) is 11.6 Å². The van der Waals surface area contributed by atoms with E-state index in [9.17, 15) is 13.2 Å². The van der Waals surface area contributed by atoms with Gasteiger partial charge in [-0.1, -0.05) is 0 Å².